The molecule has 0 fully saturated rings. The molecule has 0 spiro atoms. The van der Waals surface area contributed by atoms with E-state index in [2.05, 4.69) is 5.32 Å². The summed E-state index contributed by atoms with van der Waals surface area (Å²) in [5, 5.41) is 2.89. The van der Waals surface area contributed by atoms with Crippen molar-refractivity contribution >= 4 is 11.6 Å². The third-order valence-corrected chi connectivity index (χ3v) is 3.21. The van der Waals surface area contributed by atoms with Crippen LogP contribution in [0.4, 0.5) is 5.69 Å². The highest BCUT2D eigenvalue weighted by atomic mass is 16.5. The molecule has 1 amide bonds. The van der Waals surface area contributed by atoms with Crippen molar-refractivity contribution in [2.45, 2.75) is 12.5 Å². The fraction of sp³-hybridized carbons (Fsp3) is 0.133. The van der Waals surface area contributed by atoms with Crippen molar-refractivity contribution in [3.8, 4) is 5.75 Å². The van der Waals surface area contributed by atoms with Gasteiger partial charge in [-0.1, -0.05) is 42.5 Å². The van der Waals surface area contributed by atoms with E-state index in [1.165, 1.54) is 0 Å². The average molecular weight is 239 g/mol. The van der Waals surface area contributed by atoms with Crippen LogP contribution in [0.5, 0.6) is 5.75 Å². The molecule has 3 nitrogen and oxygen atoms in total. The summed E-state index contributed by atoms with van der Waals surface area (Å²) in [5.74, 6) is 0.552. The number of nitrogens with one attached hydrogen (secondary N) is 1. The molecule has 1 N–H and O–H groups in total. The van der Waals surface area contributed by atoms with Crippen LogP contribution in [0.3, 0.4) is 0 Å². The summed E-state index contributed by atoms with van der Waals surface area (Å²) in [7, 11) is 0. The molecular weight excluding hydrogens is 226 g/mol. The van der Waals surface area contributed by atoms with Gasteiger partial charge >= 0.3 is 0 Å². The number of hydrogen-bond acceptors (Lipinski definition) is 2. The van der Waals surface area contributed by atoms with Gasteiger partial charge in [0, 0.05) is 5.56 Å². The molecule has 1 unspecified atom stereocenters. The van der Waals surface area contributed by atoms with Gasteiger partial charge in [0.2, 0.25) is 5.60 Å². The lowest BCUT2D eigenvalue weighted by Gasteiger charge is -2.34. The molecule has 18 heavy (non-hydrogen) atoms. The zero-order chi connectivity index (χ0) is 12.6. The van der Waals surface area contributed by atoms with E-state index in [1.807, 2.05) is 54.6 Å². The lowest BCUT2D eigenvalue weighted by atomic mass is 9.93. The van der Waals surface area contributed by atoms with Crippen molar-refractivity contribution in [3.63, 3.8) is 0 Å². The normalized spacial score (nSPS) is 21.7. The van der Waals surface area contributed by atoms with Crippen LogP contribution in [0, 0.1) is 0 Å². The Balaban J connectivity index is 2.07. The molecule has 0 bridgehead atoms. The number of rotatable bonds is 1. The second-order valence-corrected chi connectivity index (χ2v) is 4.45. The van der Waals surface area contributed by atoms with Crippen molar-refractivity contribution < 1.29 is 9.53 Å². The number of fused-ring (bicyclic) bond motifs is 1. The highest BCUT2D eigenvalue weighted by Gasteiger charge is 2.41. The van der Waals surface area contributed by atoms with Gasteiger partial charge < -0.3 is 10.1 Å². The van der Waals surface area contributed by atoms with Gasteiger partial charge in [0.05, 0.1) is 5.69 Å². The molecular formula is C15H13NO2. The van der Waals surface area contributed by atoms with Gasteiger partial charge in [-0.25, -0.2) is 0 Å². The molecule has 1 atom stereocenters. The van der Waals surface area contributed by atoms with Gasteiger partial charge in [-0.2, -0.15) is 0 Å². The first kappa shape index (κ1) is 10.8. The summed E-state index contributed by atoms with van der Waals surface area (Å²) in [6, 6.07) is 17.0. The molecule has 3 heteroatoms. The molecule has 0 radical (unpaired) electrons. The summed E-state index contributed by atoms with van der Waals surface area (Å²) >= 11 is 0. The summed E-state index contributed by atoms with van der Waals surface area (Å²) in [5.41, 5.74) is 0.586. The van der Waals surface area contributed by atoms with E-state index >= 15 is 0 Å². The molecule has 0 aromatic heterocycles. The van der Waals surface area contributed by atoms with Gasteiger partial charge in [-0.3, -0.25) is 4.79 Å². The number of anilines is 1. The maximum absolute atomic E-state index is 12.2. The molecule has 90 valence electrons. The highest BCUT2D eigenvalue weighted by molar-refractivity contribution is 6.01. The minimum absolute atomic E-state index is 0.146. The zero-order valence-corrected chi connectivity index (χ0v) is 10.0. The maximum atomic E-state index is 12.2. The average Bonchev–Trinajstić information content (AvgIpc) is 2.41. The highest BCUT2D eigenvalue weighted by Crippen LogP contribution is 2.38. The molecule has 0 saturated carbocycles. The van der Waals surface area contributed by atoms with E-state index in [0.29, 0.717) is 5.75 Å². The summed E-state index contributed by atoms with van der Waals surface area (Å²) < 4.78 is 5.91. The number of para-hydroxylation sites is 2. The molecule has 1 aliphatic rings. The molecule has 0 aliphatic carbocycles. The SMILES string of the molecule is CC1(c2ccccc2)Oc2ccccc2NC1=O. The Morgan fingerprint density at radius 1 is 1.00 bits per heavy atom. The zero-order valence-electron chi connectivity index (χ0n) is 10.0. The number of hydrogen-bond donors (Lipinski definition) is 1. The predicted octanol–water partition coefficient (Wildman–Crippen LogP) is 2.93. The van der Waals surface area contributed by atoms with Crippen molar-refractivity contribution in [3.05, 3.63) is 60.2 Å². The summed E-state index contributed by atoms with van der Waals surface area (Å²) in [4.78, 5) is 12.2. The molecule has 2 aromatic rings. The van der Waals surface area contributed by atoms with Crippen molar-refractivity contribution in [1.82, 2.24) is 0 Å². The number of carbonyl (C=O) groups excluding carboxylic acids is 1. The van der Waals surface area contributed by atoms with Crippen molar-refractivity contribution in [2.24, 2.45) is 0 Å². The Hall–Kier alpha value is -2.29. The van der Waals surface area contributed by atoms with Crippen LogP contribution >= 0.6 is 0 Å². The first-order chi connectivity index (χ1) is 8.70. The summed E-state index contributed by atoms with van der Waals surface area (Å²) in [6.45, 7) is 1.79. The predicted molar refractivity (Wildman–Crippen MR) is 69.5 cm³/mol. The third-order valence-electron chi connectivity index (χ3n) is 3.21. The minimum atomic E-state index is -0.977. The van der Waals surface area contributed by atoms with Gasteiger partial charge in [-0.05, 0) is 19.1 Å². The van der Waals surface area contributed by atoms with E-state index in [0.717, 1.165) is 11.3 Å². The van der Waals surface area contributed by atoms with E-state index in [1.54, 1.807) is 6.92 Å². The van der Waals surface area contributed by atoms with Gasteiger partial charge in [0.25, 0.3) is 5.91 Å². The van der Waals surface area contributed by atoms with E-state index in [9.17, 15) is 4.79 Å². The second-order valence-electron chi connectivity index (χ2n) is 4.45. The number of amides is 1. The number of carbonyl (C=O) groups is 1. The Kier molecular flexibility index (Phi) is 2.33. The molecule has 0 saturated heterocycles. The van der Waals surface area contributed by atoms with Gasteiger partial charge in [0.1, 0.15) is 5.75 Å². The standard InChI is InChI=1S/C15H13NO2/c1-15(11-7-3-2-4-8-11)14(17)16-12-9-5-6-10-13(12)18-15/h2-10H,1H3,(H,16,17). The smallest absolute Gasteiger partial charge is 0.273 e. The van der Waals surface area contributed by atoms with Gasteiger partial charge in [-0.15, -0.1) is 0 Å². The first-order valence-electron chi connectivity index (χ1n) is 5.85. The van der Waals surface area contributed by atoms with Crippen LogP contribution in [0.1, 0.15) is 12.5 Å². The van der Waals surface area contributed by atoms with Crippen LogP contribution in [-0.2, 0) is 10.4 Å². The lowest BCUT2D eigenvalue weighted by molar-refractivity contribution is -0.131. The fourth-order valence-corrected chi connectivity index (χ4v) is 2.11. The molecule has 1 heterocycles. The van der Waals surface area contributed by atoms with Crippen molar-refractivity contribution in [2.75, 3.05) is 5.32 Å². The maximum Gasteiger partial charge on any atom is 0.273 e. The van der Waals surface area contributed by atoms with Crippen LogP contribution in [0.25, 0.3) is 0 Å². The van der Waals surface area contributed by atoms with Crippen LogP contribution in [-0.4, -0.2) is 5.91 Å². The topological polar surface area (TPSA) is 38.3 Å². The van der Waals surface area contributed by atoms with Crippen molar-refractivity contribution in [1.29, 1.82) is 0 Å². The lowest BCUT2D eigenvalue weighted by Crippen LogP contribution is -2.45. The van der Waals surface area contributed by atoms with E-state index in [4.69, 9.17) is 4.74 Å². The Labute approximate surface area is 105 Å². The quantitative estimate of drug-likeness (QED) is 0.831. The van der Waals surface area contributed by atoms with Gasteiger partial charge in [0.15, 0.2) is 0 Å². The fourth-order valence-electron chi connectivity index (χ4n) is 2.11. The number of ether oxygens (including phenoxy) is 1. The Morgan fingerprint density at radius 3 is 2.44 bits per heavy atom. The monoisotopic (exact) mass is 239 g/mol. The van der Waals surface area contributed by atoms with Crippen LogP contribution < -0.4 is 10.1 Å². The minimum Gasteiger partial charge on any atom is -0.471 e. The Morgan fingerprint density at radius 2 is 1.67 bits per heavy atom. The number of benzene rings is 2. The van der Waals surface area contributed by atoms with Crippen LogP contribution in [0.2, 0.25) is 0 Å². The molecule has 3 rings (SSSR count). The molecule has 1 aliphatic heterocycles. The van der Waals surface area contributed by atoms with Crippen LogP contribution in [0.15, 0.2) is 54.6 Å². The van der Waals surface area contributed by atoms with E-state index < -0.39 is 5.60 Å². The second kappa shape index (κ2) is 3.88. The van der Waals surface area contributed by atoms with E-state index in [-0.39, 0.29) is 5.91 Å². The largest absolute Gasteiger partial charge is 0.471 e. The Bertz CT molecular complexity index is 594. The first-order valence-corrected chi connectivity index (χ1v) is 5.85. The third kappa shape index (κ3) is 1.56. The molecule has 2 aromatic carbocycles. The summed E-state index contributed by atoms with van der Waals surface area (Å²) in [6.07, 6.45) is 0.